The second-order valence-electron chi connectivity index (χ2n) is 9.20. The van der Waals surface area contributed by atoms with Crippen LogP contribution in [0.4, 0.5) is 4.39 Å². The molecule has 0 unspecified atom stereocenters. The molecular formula is C29H35F. The highest BCUT2D eigenvalue weighted by Gasteiger charge is 2.21. The Balaban J connectivity index is 1.38. The fraction of sp³-hybridized carbons (Fsp3) is 0.448. The molecule has 1 aliphatic carbocycles. The lowest BCUT2D eigenvalue weighted by Gasteiger charge is -2.28. The van der Waals surface area contributed by atoms with Crippen molar-refractivity contribution in [3.05, 3.63) is 82.7 Å². The van der Waals surface area contributed by atoms with Gasteiger partial charge in [-0.3, -0.25) is 0 Å². The van der Waals surface area contributed by atoms with E-state index in [-0.39, 0.29) is 5.82 Å². The monoisotopic (exact) mass is 402 g/mol. The minimum Gasteiger partial charge on any atom is -0.206 e. The molecular weight excluding hydrogens is 367 g/mol. The van der Waals surface area contributed by atoms with Crippen molar-refractivity contribution in [2.45, 2.75) is 77.6 Å². The molecule has 0 nitrogen and oxygen atoms in total. The predicted octanol–water partition coefficient (Wildman–Crippen LogP) is 8.40. The van der Waals surface area contributed by atoms with Crippen LogP contribution < -0.4 is 0 Å². The van der Waals surface area contributed by atoms with Crippen LogP contribution >= 0.6 is 0 Å². The fourth-order valence-corrected chi connectivity index (χ4v) is 5.23. The van der Waals surface area contributed by atoms with Crippen molar-refractivity contribution in [1.29, 1.82) is 0 Å². The summed E-state index contributed by atoms with van der Waals surface area (Å²) >= 11 is 0. The summed E-state index contributed by atoms with van der Waals surface area (Å²) in [7, 11) is 0. The van der Waals surface area contributed by atoms with Gasteiger partial charge in [0.1, 0.15) is 5.82 Å². The van der Waals surface area contributed by atoms with Crippen LogP contribution in [0.2, 0.25) is 0 Å². The molecule has 3 aromatic carbocycles. The third-order valence-corrected chi connectivity index (χ3v) is 7.18. The smallest absolute Gasteiger partial charge is 0.134 e. The van der Waals surface area contributed by atoms with Crippen LogP contribution in [0.1, 0.15) is 80.5 Å². The summed E-state index contributed by atoms with van der Waals surface area (Å²) in [5, 5.41) is 1.76. The summed E-state index contributed by atoms with van der Waals surface area (Å²) < 4.78 is 15.0. The van der Waals surface area contributed by atoms with Gasteiger partial charge in [-0.15, -0.1) is 0 Å². The maximum Gasteiger partial charge on any atom is 0.134 e. The Morgan fingerprint density at radius 2 is 1.53 bits per heavy atom. The summed E-state index contributed by atoms with van der Waals surface area (Å²) in [4.78, 5) is 0. The molecule has 1 saturated carbocycles. The van der Waals surface area contributed by atoms with Crippen LogP contribution in [0.5, 0.6) is 0 Å². The van der Waals surface area contributed by atoms with E-state index >= 15 is 4.39 Å². The van der Waals surface area contributed by atoms with Crippen molar-refractivity contribution in [3.63, 3.8) is 0 Å². The first-order valence-corrected chi connectivity index (χ1v) is 12.0. The fourth-order valence-electron chi connectivity index (χ4n) is 5.23. The highest BCUT2D eigenvalue weighted by atomic mass is 19.1. The van der Waals surface area contributed by atoms with Crippen molar-refractivity contribution in [2.75, 3.05) is 0 Å². The molecule has 1 fully saturated rings. The van der Waals surface area contributed by atoms with Crippen molar-refractivity contribution in [3.8, 4) is 0 Å². The second kappa shape index (κ2) is 9.77. The first-order valence-electron chi connectivity index (χ1n) is 12.0. The zero-order chi connectivity index (χ0) is 20.9. The van der Waals surface area contributed by atoms with E-state index in [1.165, 1.54) is 55.2 Å². The molecule has 0 heterocycles. The number of benzene rings is 3. The van der Waals surface area contributed by atoms with E-state index in [0.717, 1.165) is 47.4 Å². The minimum absolute atomic E-state index is 0.0457. The molecule has 1 aliphatic rings. The maximum atomic E-state index is 15.0. The van der Waals surface area contributed by atoms with Gasteiger partial charge in [0.05, 0.1) is 0 Å². The highest BCUT2D eigenvalue weighted by Crippen LogP contribution is 2.37. The molecule has 0 aromatic heterocycles. The zero-order valence-corrected chi connectivity index (χ0v) is 18.6. The molecule has 0 spiro atoms. The van der Waals surface area contributed by atoms with Crippen LogP contribution in [-0.4, -0.2) is 0 Å². The zero-order valence-electron chi connectivity index (χ0n) is 18.6. The lowest BCUT2D eigenvalue weighted by molar-refractivity contribution is 0.308. The summed E-state index contributed by atoms with van der Waals surface area (Å²) in [5.74, 6) is 1.64. The number of hydrogen-bond acceptors (Lipinski definition) is 0. The molecule has 1 heteroatoms. The first kappa shape index (κ1) is 21.1. The molecule has 30 heavy (non-hydrogen) atoms. The third-order valence-electron chi connectivity index (χ3n) is 7.18. The van der Waals surface area contributed by atoms with Gasteiger partial charge in [0.25, 0.3) is 0 Å². The van der Waals surface area contributed by atoms with E-state index in [0.29, 0.717) is 0 Å². The van der Waals surface area contributed by atoms with Crippen LogP contribution in [0.15, 0.2) is 54.6 Å². The van der Waals surface area contributed by atoms with Crippen molar-refractivity contribution in [2.24, 2.45) is 5.92 Å². The summed E-state index contributed by atoms with van der Waals surface area (Å²) in [5.41, 5.74) is 4.88. The molecule has 3 aromatic rings. The average Bonchev–Trinajstić information content (AvgIpc) is 2.79. The third kappa shape index (κ3) is 4.77. The lowest BCUT2D eigenvalue weighted by Crippen LogP contribution is -2.13. The van der Waals surface area contributed by atoms with E-state index in [1.807, 2.05) is 18.2 Å². The lowest BCUT2D eigenvalue weighted by atomic mass is 9.77. The molecule has 158 valence electrons. The van der Waals surface area contributed by atoms with Crippen LogP contribution in [-0.2, 0) is 19.3 Å². The topological polar surface area (TPSA) is 0 Å². The second-order valence-corrected chi connectivity index (χ2v) is 9.20. The van der Waals surface area contributed by atoms with Crippen LogP contribution in [0, 0.1) is 11.7 Å². The predicted molar refractivity (Wildman–Crippen MR) is 127 cm³/mol. The Morgan fingerprint density at radius 1 is 0.800 bits per heavy atom. The number of fused-ring (bicyclic) bond motifs is 1. The molecule has 0 atom stereocenters. The summed E-state index contributed by atoms with van der Waals surface area (Å²) in [6.07, 6.45) is 10.8. The normalized spacial score (nSPS) is 19.3. The van der Waals surface area contributed by atoms with E-state index in [4.69, 9.17) is 0 Å². The van der Waals surface area contributed by atoms with Gasteiger partial charge in [-0.25, -0.2) is 4.39 Å². The first-order chi connectivity index (χ1) is 14.7. The molecule has 0 radical (unpaired) electrons. The van der Waals surface area contributed by atoms with Crippen molar-refractivity contribution < 1.29 is 4.39 Å². The van der Waals surface area contributed by atoms with Gasteiger partial charge >= 0.3 is 0 Å². The number of hydrogen-bond donors (Lipinski definition) is 0. The van der Waals surface area contributed by atoms with E-state index < -0.39 is 0 Å². The molecule has 0 saturated heterocycles. The van der Waals surface area contributed by atoms with E-state index in [1.54, 1.807) is 0 Å². The minimum atomic E-state index is -0.0457. The Morgan fingerprint density at radius 3 is 2.23 bits per heavy atom. The number of aryl methyl sites for hydroxylation is 3. The Kier molecular flexibility index (Phi) is 6.87. The summed E-state index contributed by atoms with van der Waals surface area (Å²) in [6, 6.07) is 19.3. The van der Waals surface area contributed by atoms with E-state index in [9.17, 15) is 0 Å². The van der Waals surface area contributed by atoms with Gasteiger partial charge in [0, 0.05) is 5.39 Å². The van der Waals surface area contributed by atoms with Gasteiger partial charge in [-0.1, -0.05) is 81.3 Å². The Hall–Kier alpha value is -2.15. The molecule has 0 bridgehead atoms. The van der Waals surface area contributed by atoms with Gasteiger partial charge in [-0.05, 0) is 84.4 Å². The maximum absolute atomic E-state index is 15.0. The Bertz CT molecular complexity index is 962. The van der Waals surface area contributed by atoms with Gasteiger partial charge in [0.2, 0.25) is 0 Å². The van der Waals surface area contributed by atoms with Crippen LogP contribution in [0.3, 0.4) is 0 Å². The van der Waals surface area contributed by atoms with Gasteiger partial charge in [-0.2, -0.15) is 0 Å². The van der Waals surface area contributed by atoms with E-state index in [2.05, 4.69) is 50.2 Å². The average molecular weight is 403 g/mol. The number of rotatable bonds is 7. The van der Waals surface area contributed by atoms with Gasteiger partial charge < -0.3 is 0 Å². The molecule has 4 rings (SSSR count). The largest absolute Gasteiger partial charge is 0.206 e. The molecule has 0 amide bonds. The van der Waals surface area contributed by atoms with Gasteiger partial charge in [0.15, 0.2) is 0 Å². The quantitative estimate of drug-likeness (QED) is 0.372. The molecule has 0 N–H and O–H groups in total. The molecule has 0 aliphatic heterocycles. The van der Waals surface area contributed by atoms with Crippen LogP contribution in [0.25, 0.3) is 10.8 Å². The standard InChI is InChI=1S/C29H35F/c1-3-5-22-6-12-24(13-7-22)25-14-8-23(9-15-25)10-16-26-17-18-27-20-21(4-2)11-19-28(27)29(26)30/h8-9,11,14-15,17-20,22,24H,3-7,10,12-13,16H2,1-2H3. The van der Waals surface area contributed by atoms with Crippen molar-refractivity contribution >= 4 is 10.8 Å². The summed E-state index contributed by atoms with van der Waals surface area (Å²) in [6.45, 7) is 4.44. The number of halogens is 1. The Labute approximate surface area is 181 Å². The highest BCUT2D eigenvalue weighted by molar-refractivity contribution is 5.84. The SMILES string of the molecule is CCCC1CCC(c2ccc(CCc3ccc4cc(CC)ccc4c3F)cc2)CC1. The van der Waals surface area contributed by atoms with Crippen molar-refractivity contribution in [1.82, 2.24) is 0 Å².